The third-order valence-corrected chi connectivity index (χ3v) is 4.88. The molecule has 1 aliphatic heterocycles. The van der Waals surface area contributed by atoms with Crippen LogP contribution in [0.4, 0.5) is 5.69 Å². The van der Waals surface area contributed by atoms with E-state index in [1.165, 1.54) is 6.33 Å². The lowest BCUT2D eigenvalue weighted by Gasteiger charge is -2.40. The number of halogens is 1. The van der Waals surface area contributed by atoms with Crippen LogP contribution >= 0.6 is 11.6 Å². The van der Waals surface area contributed by atoms with Gasteiger partial charge in [-0.1, -0.05) is 24.6 Å². The molecule has 1 fully saturated rings. The van der Waals surface area contributed by atoms with E-state index in [2.05, 4.69) is 25.9 Å². The highest BCUT2D eigenvalue weighted by Gasteiger charge is 2.30. The van der Waals surface area contributed by atoms with E-state index in [-0.39, 0.29) is 0 Å². The van der Waals surface area contributed by atoms with Gasteiger partial charge < -0.3 is 10.0 Å². The van der Waals surface area contributed by atoms with Crippen LogP contribution in [0, 0.1) is 0 Å². The first-order valence-electron chi connectivity index (χ1n) is 8.36. The Morgan fingerprint density at radius 2 is 2.00 bits per heavy atom. The van der Waals surface area contributed by atoms with Gasteiger partial charge >= 0.3 is 0 Å². The Bertz CT molecular complexity index is 642. The molecular formula is C17H24ClN5O. The molecule has 7 heteroatoms. The molecule has 0 bridgehead atoms. The Hall–Kier alpha value is -1.63. The molecule has 1 unspecified atom stereocenters. The predicted octanol–water partition coefficient (Wildman–Crippen LogP) is 1.89. The zero-order valence-corrected chi connectivity index (χ0v) is 14.7. The van der Waals surface area contributed by atoms with E-state index in [9.17, 15) is 5.11 Å². The molecule has 24 heavy (non-hydrogen) atoms. The molecule has 0 radical (unpaired) electrons. The standard InChI is InChI=1S/C17H24ClN5O/c1-2-17(24,12-23-14-19-13-20-23)11-21-6-8-22(9-7-21)16-5-3-4-15(18)10-16/h3-5,10,13-14,24H,2,6-9,11-12H2,1H3. The quantitative estimate of drug-likeness (QED) is 0.863. The smallest absolute Gasteiger partial charge is 0.137 e. The van der Waals surface area contributed by atoms with Gasteiger partial charge in [-0.3, -0.25) is 9.58 Å². The second-order valence-corrected chi connectivity index (χ2v) is 6.85. The summed E-state index contributed by atoms with van der Waals surface area (Å²) in [5, 5.41) is 15.8. The van der Waals surface area contributed by atoms with E-state index < -0.39 is 5.60 Å². The van der Waals surface area contributed by atoms with Crippen LogP contribution in [0.15, 0.2) is 36.9 Å². The fraction of sp³-hybridized carbons (Fsp3) is 0.529. The highest BCUT2D eigenvalue weighted by molar-refractivity contribution is 6.30. The molecule has 1 saturated heterocycles. The van der Waals surface area contributed by atoms with Gasteiger partial charge in [0.2, 0.25) is 0 Å². The number of β-amino-alcohol motifs (C(OH)–C–C–N with tert-alkyl or cyclic N) is 1. The number of anilines is 1. The van der Waals surface area contributed by atoms with Crippen molar-refractivity contribution in [2.45, 2.75) is 25.5 Å². The van der Waals surface area contributed by atoms with Gasteiger partial charge in [0.1, 0.15) is 12.7 Å². The Kier molecular flexibility index (Phi) is 5.38. The van der Waals surface area contributed by atoms with E-state index in [0.29, 0.717) is 19.5 Å². The van der Waals surface area contributed by atoms with Crippen LogP contribution in [0.5, 0.6) is 0 Å². The largest absolute Gasteiger partial charge is 0.387 e. The normalized spacial score (nSPS) is 18.5. The lowest BCUT2D eigenvalue weighted by molar-refractivity contribution is -0.0181. The van der Waals surface area contributed by atoms with E-state index in [4.69, 9.17) is 11.6 Å². The second kappa shape index (κ2) is 7.51. The van der Waals surface area contributed by atoms with Gasteiger partial charge in [-0.05, 0) is 24.6 Å². The molecule has 1 aliphatic rings. The SMILES string of the molecule is CCC(O)(CN1CCN(c2cccc(Cl)c2)CC1)Cn1cncn1. The summed E-state index contributed by atoms with van der Waals surface area (Å²) in [5.74, 6) is 0. The van der Waals surface area contributed by atoms with Crippen LogP contribution in [0.1, 0.15) is 13.3 Å². The maximum absolute atomic E-state index is 10.9. The zero-order chi connectivity index (χ0) is 17.0. The van der Waals surface area contributed by atoms with Crippen LogP contribution in [-0.4, -0.2) is 63.1 Å². The Morgan fingerprint density at radius 1 is 1.21 bits per heavy atom. The number of benzene rings is 1. The second-order valence-electron chi connectivity index (χ2n) is 6.41. The molecule has 6 nitrogen and oxygen atoms in total. The first-order chi connectivity index (χ1) is 11.6. The van der Waals surface area contributed by atoms with Crippen molar-refractivity contribution >= 4 is 17.3 Å². The van der Waals surface area contributed by atoms with Crippen molar-refractivity contribution in [3.8, 4) is 0 Å². The number of hydrogen-bond donors (Lipinski definition) is 1. The van der Waals surface area contributed by atoms with Gasteiger partial charge in [-0.25, -0.2) is 4.98 Å². The average molecular weight is 350 g/mol. The molecule has 0 saturated carbocycles. The van der Waals surface area contributed by atoms with Crippen LogP contribution in [0.3, 0.4) is 0 Å². The monoisotopic (exact) mass is 349 g/mol. The highest BCUT2D eigenvalue weighted by Crippen LogP contribution is 2.22. The van der Waals surface area contributed by atoms with Crippen molar-refractivity contribution in [2.75, 3.05) is 37.6 Å². The summed E-state index contributed by atoms with van der Waals surface area (Å²) in [6.07, 6.45) is 3.83. The lowest BCUT2D eigenvalue weighted by Crippen LogP contribution is -2.53. The van der Waals surface area contributed by atoms with E-state index in [0.717, 1.165) is 36.9 Å². The van der Waals surface area contributed by atoms with Gasteiger partial charge in [-0.2, -0.15) is 5.10 Å². The van der Waals surface area contributed by atoms with Crippen LogP contribution in [-0.2, 0) is 6.54 Å². The highest BCUT2D eigenvalue weighted by atomic mass is 35.5. The van der Waals surface area contributed by atoms with E-state index in [1.54, 1.807) is 11.0 Å². The molecular weight excluding hydrogens is 326 g/mol. The first kappa shape index (κ1) is 17.2. The summed E-state index contributed by atoms with van der Waals surface area (Å²) in [4.78, 5) is 8.61. The van der Waals surface area contributed by atoms with Crippen LogP contribution in [0.2, 0.25) is 5.02 Å². The third kappa shape index (κ3) is 4.26. The molecule has 0 aliphatic carbocycles. The molecule has 3 rings (SSSR count). The van der Waals surface area contributed by atoms with Gasteiger partial charge in [0, 0.05) is 43.4 Å². The summed E-state index contributed by atoms with van der Waals surface area (Å²) >= 11 is 6.08. The van der Waals surface area contributed by atoms with Crippen LogP contribution in [0.25, 0.3) is 0 Å². The van der Waals surface area contributed by atoms with E-state index in [1.807, 2.05) is 25.1 Å². The van der Waals surface area contributed by atoms with Gasteiger partial charge in [0.15, 0.2) is 0 Å². The molecule has 1 aromatic carbocycles. The number of rotatable bonds is 6. The summed E-state index contributed by atoms with van der Waals surface area (Å²) < 4.78 is 1.70. The molecule has 0 spiro atoms. The Labute approximate surface area is 147 Å². The fourth-order valence-electron chi connectivity index (χ4n) is 3.14. The Morgan fingerprint density at radius 3 is 2.62 bits per heavy atom. The van der Waals surface area contributed by atoms with Gasteiger partial charge in [-0.15, -0.1) is 0 Å². The molecule has 1 aromatic heterocycles. The summed E-state index contributed by atoms with van der Waals surface area (Å²) in [5.41, 5.74) is 0.377. The maximum Gasteiger partial charge on any atom is 0.137 e. The van der Waals surface area contributed by atoms with Crippen molar-refractivity contribution in [3.63, 3.8) is 0 Å². The molecule has 130 valence electrons. The topological polar surface area (TPSA) is 57.4 Å². The summed E-state index contributed by atoms with van der Waals surface area (Å²) in [7, 11) is 0. The molecule has 1 atom stereocenters. The van der Waals surface area contributed by atoms with Gasteiger partial charge in [0.25, 0.3) is 0 Å². The lowest BCUT2D eigenvalue weighted by atomic mass is 9.99. The minimum atomic E-state index is -0.786. The van der Waals surface area contributed by atoms with Crippen molar-refractivity contribution in [2.24, 2.45) is 0 Å². The summed E-state index contributed by atoms with van der Waals surface area (Å²) in [6, 6.07) is 7.98. The van der Waals surface area contributed by atoms with Crippen molar-refractivity contribution in [1.29, 1.82) is 0 Å². The number of aromatic nitrogens is 3. The first-order valence-corrected chi connectivity index (χ1v) is 8.73. The predicted molar refractivity (Wildman–Crippen MR) is 95.4 cm³/mol. The fourth-order valence-corrected chi connectivity index (χ4v) is 3.33. The molecule has 2 heterocycles. The summed E-state index contributed by atoms with van der Waals surface area (Å²) in [6.45, 7) is 6.84. The number of hydrogen-bond acceptors (Lipinski definition) is 5. The third-order valence-electron chi connectivity index (χ3n) is 4.64. The van der Waals surface area contributed by atoms with Crippen LogP contribution < -0.4 is 4.90 Å². The van der Waals surface area contributed by atoms with Gasteiger partial charge in [0.05, 0.1) is 12.1 Å². The zero-order valence-electron chi connectivity index (χ0n) is 14.0. The Balaban J connectivity index is 1.56. The average Bonchev–Trinajstić information content (AvgIpc) is 3.08. The number of nitrogens with zero attached hydrogens (tertiary/aromatic N) is 5. The van der Waals surface area contributed by atoms with Crippen molar-refractivity contribution in [3.05, 3.63) is 41.9 Å². The van der Waals surface area contributed by atoms with Crippen molar-refractivity contribution in [1.82, 2.24) is 19.7 Å². The molecule has 2 aromatic rings. The maximum atomic E-state index is 10.9. The number of aliphatic hydroxyl groups is 1. The minimum absolute atomic E-state index is 0.470. The minimum Gasteiger partial charge on any atom is -0.387 e. The van der Waals surface area contributed by atoms with E-state index >= 15 is 0 Å². The molecule has 0 amide bonds. The van der Waals surface area contributed by atoms with Crippen molar-refractivity contribution < 1.29 is 5.11 Å². The molecule has 1 N–H and O–H groups in total. The number of piperazine rings is 1.